The van der Waals surface area contributed by atoms with Gasteiger partial charge in [-0.2, -0.15) is 0 Å². The van der Waals surface area contributed by atoms with E-state index in [1.165, 1.54) is 0 Å². The van der Waals surface area contributed by atoms with Crippen LogP contribution in [-0.2, 0) is 0 Å². The van der Waals surface area contributed by atoms with Gasteiger partial charge in [0.15, 0.2) is 23.1 Å². The number of hydrogen-bond donors (Lipinski definition) is 0. The van der Waals surface area contributed by atoms with Crippen molar-refractivity contribution in [1.29, 1.82) is 0 Å². The van der Waals surface area contributed by atoms with Gasteiger partial charge in [0.2, 0.25) is 0 Å². The zero-order valence-electron chi connectivity index (χ0n) is 22.3. The maximum atomic E-state index is 14.0. The molecule has 0 saturated heterocycles. The van der Waals surface area contributed by atoms with E-state index >= 15 is 0 Å². The quantitative estimate of drug-likeness (QED) is 0.116. The molecule has 0 aromatic heterocycles. The monoisotopic (exact) mass is 524 g/mol. The lowest BCUT2D eigenvalue weighted by Crippen LogP contribution is -2.44. The van der Waals surface area contributed by atoms with Crippen LogP contribution in [0, 0.1) is 10.8 Å². The number of ketones is 4. The maximum Gasteiger partial charge on any atom is 0.177 e. The molecule has 196 valence electrons. The van der Waals surface area contributed by atoms with Gasteiger partial charge in [-0.05, 0) is 58.0 Å². The summed E-state index contributed by atoms with van der Waals surface area (Å²) in [4.78, 5) is 56.1. The first-order valence-electron chi connectivity index (χ1n) is 14.9. The molecule has 2 spiro atoms. The standard InChI is InChI=1S/C36H28O4/c37-31-23-11-7-19-21-9-13-25-30-26(34(40)36(33(25)39)17-5-2-6-18-36)14-10-22(28(21)30)20-8-12-24(29(23)27(19)20)32(38)35(31)15-3-1-4-16-35/h7-14H,1-6,15-18H2. The fraction of sp³-hybridized carbons (Fsp3) is 0.333. The van der Waals surface area contributed by atoms with E-state index in [-0.39, 0.29) is 23.1 Å². The average Bonchev–Trinajstić information content (AvgIpc) is 3.01. The number of Topliss-reactive ketones (excluding diaryl/α,β-unsaturated/α-hetero) is 4. The number of carbonyl (C=O) groups excluding carboxylic acids is 4. The molecule has 0 aliphatic heterocycles. The molecule has 4 aliphatic carbocycles. The summed E-state index contributed by atoms with van der Waals surface area (Å²) in [7, 11) is 0. The second-order valence-corrected chi connectivity index (χ2v) is 12.7. The molecule has 0 heterocycles. The highest BCUT2D eigenvalue weighted by atomic mass is 16.2. The van der Waals surface area contributed by atoms with Crippen LogP contribution in [0.2, 0.25) is 0 Å². The van der Waals surface area contributed by atoms with E-state index < -0.39 is 10.8 Å². The Balaban J connectivity index is 1.38. The SMILES string of the molecule is O=C1c2ccc3c4ccc5c6c(ccc(c7ccc(c2c37)C(=O)C12CCCCC2)c64)C(=O)C1(CCCCC1)C5=O. The number of fused-ring (bicyclic) bond motifs is 2. The summed E-state index contributed by atoms with van der Waals surface area (Å²) in [6.07, 6.45) is 8.29. The molecule has 4 nitrogen and oxygen atoms in total. The number of rotatable bonds is 0. The van der Waals surface area contributed by atoms with Gasteiger partial charge >= 0.3 is 0 Å². The van der Waals surface area contributed by atoms with Crippen LogP contribution in [0.25, 0.3) is 43.1 Å². The van der Waals surface area contributed by atoms with E-state index in [2.05, 4.69) is 0 Å². The van der Waals surface area contributed by atoms with Crippen molar-refractivity contribution >= 4 is 66.2 Å². The first-order chi connectivity index (χ1) is 19.5. The van der Waals surface area contributed by atoms with Gasteiger partial charge in [-0.3, -0.25) is 19.2 Å². The molecule has 0 amide bonds. The van der Waals surface area contributed by atoms with Gasteiger partial charge in [-0.25, -0.2) is 0 Å². The van der Waals surface area contributed by atoms with Crippen molar-refractivity contribution < 1.29 is 19.2 Å². The van der Waals surface area contributed by atoms with E-state index in [1.807, 2.05) is 48.5 Å². The molecule has 2 fully saturated rings. The molecular weight excluding hydrogens is 496 g/mol. The first-order valence-corrected chi connectivity index (χ1v) is 14.9. The number of hydrogen-bond acceptors (Lipinski definition) is 4. The Bertz CT molecular complexity index is 1760. The Morgan fingerprint density at radius 1 is 0.350 bits per heavy atom. The summed E-state index contributed by atoms with van der Waals surface area (Å²) in [5.41, 5.74) is 0.817. The molecule has 4 aliphatic rings. The van der Waals surface area contributed by atoms with E-state index in [1.54, 1.807) is 0 Å². The Labute approximate surface area is 231 Å². The Kier molecular flexibility index (Phi) is 4.24. The molecule has 40 heavy (non-hydrogen) atoms. The van der Waals surface area contributed by atoms with E-state index in [9.17, 15) is 19.2 Å². The maximum absolute atomic E-state index is 14.0. The number of carbonyl (C=O) groups is 4. The van der Waals surface area contributed by atoms with Crippen LogP contribution < -0.4 is 0 Å². The summed E-state index contributed by atoms with van der Waals surface area (Å²) in [5, 5.41) is 7.27. The lowest BCUT2D eigenvalue weighted by Gasteiger charge is -2.39. The van der Waals surface area contributed by atoms with E-state index in [4.69, 9.17) is 0 Å². The minimum Gasteiger partial charge on any atom is -0.293 e. The first kappa shape index (κ1) is 22.9. The van der Waals surface area contributed by atoms with Crippen LogP contribution in [0.15, 0.2) is 48.5 Å². The number of benzene rings is 5. The Morgan fingerprint density at radius 3 is 0.900 bits per heavy atom. The van der Waals surface area contributed by atoms with Crippen molar-refractivity contribution in [2.75, 3.05) is 0 Å². The topological polar surface area (TPSA) is 68.3 Å². The van der Waals surface area contributed by atoms with Crippen LogP contribution in [0.3, 0.4) is 0 Å². The zero-order valence-corrected chi connectivity index (χ0v) is 22.3. The van der Waals surface area contributed by atoms with Gasteiger partial charge in [-0.15, -0.1) is 0 Å². The minimum absolute atomic E-state index is 0.0154. The molecule has 0 unspecified atom stereocenters. The molecule has 0 atom stereocenters. The second-order valence-electron chi connectivity index (χ2n) is 12.7. The van der Waals surface area contributed by atoms with Crippen LogP contribution >= 0.6 is 0 Å². The summed E-state index contributed by atoms with van der Waals surface area (Å²) >= 11 is 0. The molecule has 9 rings (SSSR count). The average molecular weight is 525 g/mol. The molecule has 0 radical (unpaired) electrons. The summed E-state index contributed by atoms with van der Waals surface area (Å²) in [6.45, 7) is 0. The summed E-state index contributed by atoms with van der Waals surface area (Å²) in [5.74, 6) is -0.0614. The van der Waals surface area contributed by atoms with Gasteiger partial charge in [0.1, 0.15) is 0 Å². The molecule has 4 heteroatoms. The van der Waals surface area contributed by atoms with Crippen molar-refractivity contribution in [2.24, 2.45) is 10.8 Å². The minimum atomic E-state index is -0.917. The van der Waals surface area contributed by atoms with E-state index in [0.29, 0.717) is 47.9 Å². The molecule has 0 bridgehead atoms. The highest BCUT2D eigenvalue weighted by Crippen LogP contribution is 2.53. The van der Waals surface area contributed by atoms with Gasteiger partial charge in [0.25, 0.3) is 0 Å². The lowest BCUT2D eigenvalue weighted by atomic mass is 9.61. The Hall–Kier alpha value is -3.92. The predicted molar refractivity (Wildman–Crippen MR) is 156 cm³/mol. The molecule has 5 aromatic carbocycles. The van der Waals surface area contributed by atoms with Gasteiger partial charge in [0, 0.05) is 33.0 Å². The van der Waals surface area contributed by atoms with Gasteiger partial charge in [0.05, 0.1) is 10.8 Å². The predicted octanol–water partition coefficient (Wildman–Crippen LogP) is 8.40. The van der Waals surface area contributed by atoms with E-state index in [0.717, 1.165) is 81.6 Å². The summed E-state index contributed by atoms with van der Waals surface area (Å²) in [6, 6.07) is 15.8. The second kappa shape index (κ2) is 7.42. The highest BCUT2D eigenvalue weighted by molar-refractivity contribution is 6.43. The van der Waals surface area contributed by atoms with Crippen molar-refractivity contribution in [3.63, 3.8) is 0 Å². The lowest BCUT2D eigenvalue weighted by molar-refractivity contribution is 0.0572. The largest absolute Gasteiger partial charge is 0.293 e. The van der Waals surface area contributed by atoms with Crippen LogP contribution in [0.1, 0.15) is 106 Å². The molecule has 0 N–H and O–H groups in total. The van der Waals surface area contributed by atoms with Gasteiger partial charge in [-0.1, -0.05) is 87.1 Å². The van der Waals surface area contributed by atoms with Crippen molar-refractivity contribution in [3.05, 3.63) is 70.8 Å². The highest BCUT2D eigenvalue weighted by Gasteiger charge is 2.52. The third-order valence-corrected chi connectivity index (χ3v) is 11.0. The Morgan fingerprint density at radius 2 is 0.625 bits per heavy atom. The van der Waals surface area contributed by atoms with Gasteiger partial charge < -0.3 is 0 Å². The molecule has 2 saturated carbocycles. The van der Waals surface area contributed by atoms with Crippen molar-refractivity contribution in [3.8, 4) is 0 Å². The van der Waals surface area contributed by atoms with Crippen LogP contribution in [0.4, 0.5) is 0 Å². The van der Waals surface area contributed by atoms with Crippen LogP contribution in [0.5, 0.6) is 0 Å². The normalized spacial score (nSPS) is 21.6. The third kappa shape index (κ3) is 2.42. The zero-order chi connectivity index (χ0) is 27.0. The summed E-state index contributed by atoms with van der Waals surface area (Å²) < 4.78 is 0. The smallest absolute Gasteiger partial charge is 0.177 e. The fourth-order valence-electron chi connectivity index (χ4n) is 9.10. The molecule has 5 aromatic rings. The third-order valence-electron chi connectivity index (χ3n) is 11.0. The molecular formula is C36H28O4. The van der Waals surface area contributed by atoms with Crippen molar-refractivity contribution in [2.45, 2.75) is 64.2 Å². The fourth-order valence-corrected chi connectivity index (χ4v) is 9.10. The van der Waals surface area contributed by atoms with Crippen molar-refractivity contribution in [1.82, 2.24) is 0 Å². The van der Waals surface area contributed by atoms with Crippen LogP contribution in [-0.4, -0.2) is 23.1 Å².